The monoisotopic (exact) mass is 332 g/mol. The number of carbonyl (C=O) groups excluding carboxylic acids is 1. The highest BCUT2D eigenvalue weighted by Crippen LogP contribution is 2.06. The molecule has 0 aromatic carbocycles. The Bertz CT molecular complexity index is 227. The Morgan fingerprint density at radius 3 is 2.47 bits per heavy atom. The lowest BCUT2D eigenvalue weighted by Crippen LogP contribution is -2.04. The highest BCUT2D eigenvalue weighted by molar-refractivity contribution is 9.09. The van der Waals surface area contributed by atoms with E-state index in [1.165, 1.54) is 32.1 Å². The van der Waals surface area contributed by atoms with Gasteiger partial charge in [-0.05, 0) is 32.1 Å². The van der Waals surface area contributed by atoms with Crippen molar-refractivity contribution in [1.82, 2.24) is 0 Å². The van der Waals surface area contributed by atoms with Crippen LogP contribution in [0.5, 0.6) is 0 Å². The van der Waals surface area contributed by atoms with E-state index in [4.69, 9.17) is 4.74 Å². The molecule has 2 nitrogen and oxygen atoms in total. The van der Waals surface area contributed by atoms with Crippen LogP contribution in [0.3, 0.4) is 0 Å². The normalized spacial score (nSPS) is 11.1. The molecule has 112 valence electrons. The lowest BCUT2D eigenvalue weighted by molar-refractivity contribution is -0.143. The molecule has 0 aliphatic rings. The third-order valence-electron chi connectivity index (χ3n) is 2.95. The number of esters is 1. The molecule has 0 aliphatic heterocycles. The van der Waals surface area contributed by atoms with E-state index in [-0.39, 0.29) is 5.97 Å². The smallest absolute Gasteiger partial charge is 0.305 e. The summed E-state index contributed by atoms with van der Waals surface area (Å²) in [5.74, 6) is -0.0378. The molecule has 0 radical (unpaired) electrons. The van der Waals surface area contributed by atoms with Crippen LogP contribution >= 0.6 is 15.9 Å². The van der Waals surface area contributed by atoms with E-state index >= 15 is 0 Å². The van der Waals surface area contributed by atoms with Gasteiger partial charge >= 0.3 is 5.97 Å². The second-order valence-corrected chi connectivity index (χ2v) is 5.62. The number of alkyl halides is 1. The van der Waals surface area contributed by atoms with Crippen molar-refractivity contribution >= 4 is 21.9 Å². The van der Waals surface area contributed by atoms with Crippen molar-refractivity contribution in [2.75, 3.05) is 11.9 Å². The zero-order chi connectivity index (χ0) is 14.2. The molecule has 19 heavy (non-hydrogen) atoms. The largest absolute Gasteiger partial charge is 0.465 e. The summed E-state index contributed by atoms with van der Waals surface area (Å²) in [6, 6.07) is 0. The van der Waals surface area contributed by atoms with Crippen LogP contribution in [0.25, 0.3) is 0 Å². The first-order valence-electron chi connectivity index (χ1n) is 7.67. The zero-order valence-electron chi connectivity index (χ0n) is 12.3. The fourth-order valence-corrected chi connectivity index (χ4v) is 2.17. The first-order valence-corrected chi connectivity index (χ1v) is 8.80. The second kappa shape index (κ2) is 15.7. The molecule has 0 amide bonds. The minimum Gasteiger partial charge on any atom is -0.465 e. The summed E-state index contributed by atoms with van der Waals surface area (Å²) >= 11 is 3.41. The highest BCUT2D eigenvalue weighted by atomic mass is 79.9. The van der Waals surface area contributed by atoms with Gasteiger partial charge < -0.3 is 4.74 Å². The predicted octanol–water partition coefficient (Wildman–Crippen LogP) is 5.40. The number of rotatable bonds is 13. The van der Waals surface area contributed by atoms with Crippen molar-refractivity contribution in [3.05, 3.63) is 12.2 Å². The van der Waals surface area contributed by atoms with Gasteiger partial charge in [0.1, 0.15) is 0 Å². The van der Waals surface area contributed by atoms with Gasteiger partial charge in [-0.15, -0.1) is 0 Å². The van der Waals surface area contributed by atoms with Gasteiger partial charge in [-0.2, -0.15) is 0 Å². The average molecular weight is 333 g/mol. The lowest BCUT2D eigenvalue weighted by Gasteiger charge is -2.03. The molecule has 0 aliphatic carbocycles. The van der Waals surface area contributed by atoms with E-state index in [2.05, 4.69) is 35.0 Å². The van der Waals surface area contributed by atoms with E-state index in [0.717, 1.165) is 31.0 Å². The summed E-state index contributed by atoms with van der Waals surface area (Å²) in [6.07, 6.45) is 15.2. The fourth-order valence-electron chi connectivity index (χ4n) is 1.78. The van der Waals surface area contributed by atoms with Crippen molar-refractivity contribution in [2.24, 2.45) is 0 Å². The number of carbonyl (C=O) groups is 1. The van der Waals surface area contributed by atoms with Gasteiger partial charge in [-0.3, -0.25) is 4.79 Å². The minimum atomic E-state index is -0.0378. The molecular formula is C16H29BrO2. The van der Waals surface area contributed by atoms with Gasteiger partial charge in [0.15, 0.2) is 0 Å². The maximum atomic E-state index is 11.4. The molecule has 0 spiro atoms. The molecule has 0 unspecified atom stereocenters. The van der Waals surface area contributed by atoms with Gasteiger partial charge in [0.2, 0.25) is 0 Å². The molecule has 0 rings (SSSR count). The van der Waals surface area contributed by atoms with Crippen molar-refractivity contribution in [1.29, 1.82) is 0 Å². The molecule has 0 heterocycles. The highest BCUT2D eigenvalue weighted by Gasteiger charge is 2.01. The molecule has 0 aromatic rings. The number of halogens is 1. The van der Waals surface area contributed by atoms with E-state index in [0.29, 0.717) is 13.0 Å². The molecule has 0 aromatic heterocycles. The Morgan fingerprint density at radius 2 is 1.74 bits per heavy atom. The quantitative estimate of drug-likeness (QED) is 0.195. The standard InChI is InChI=1S/C16H29BrO2/c1-2-3-4-7-10-13-16(18)19-15-12-9-6-5-8-11-14-17/h6,9H,2-5,7-8,10-15H2,1H3/b9-6-. The number of ether oxygens (including phenoxy) is 1. The van der Waals surface area contributed by atoms with Crippen LogP contribution in [0.15, 0.2) is 12.2 Å². The molecule has 0 saturated carbocycles. The van der Waals surface area contributed by atoms with E-state index < -0.39 is 0 Å². The number of hydrogen-bond acceptors (Lipinski definition) is 2. The molecule has 3 heteroatoms. The van der Waals surface area contributed by atoms with Crippen molar-refractivity contribution in [3.63, 3.8) is 0 Å². The topological polar surface area (TPSA) is 26.3 Å². The number of unbranched alkanes of at least 4 members (excludes halogenated alkanes) is 6. The Morgan fingerprint density at radius 1 is 1.00 bits per heavy atom. The van der Waals surface area contributed by atoms with Crippen molar-refractivity contribution < 1.29 is 9.53 Å². The molecule has 0 bridgehead atoms. The Kier molecular flexibility index (Phi) is 15.5. The van der Waals surface area contributed by atoms with E-state index in [1.807, 2.05) is 0 Å². The van der Waals surface area contributed by atoms with Gasteiger partial charge in [-0.25, -0.2) is 0 Å². The van der Waals surface area contributed by atoms with Gasteiger partial charge in [-0.1, -0.05) is 60.7 Å². The van der Waals surface area contributed by atoms with Crippen LogP contribution in [0.4, 0.5) is 0 Å². The van der Waals surface area contributed by atoms with Gasteiger partial charge in [0.25, 0.3) is 0 Å². The maximum absolute atomic E-state index is 11.4. The number of hydrogen-bond donors (Lipinski definition) is 0. The third kappa shape index (κ3) is 15.6. The number of allylic oxidation sites excluding steroid dienone is 1. The van der Waals surface area contributed by atoms with E-state index in [1.54, 1.807) is 0 Å². The molecule has 0 N–H and O–H groups in total. The third-order valence-corrected chi connectivity index (χ3v) is 3.51. The van der Waals surface area contributed by atoms with Crippen LogP contribution in [0.2, 0.25) is 0 Å². The Labute approximate surface area is 127 Å². The average Bonchev–Trinajstić information content (AvgIpc) is 2.41. The summed E-state index contributed by atoms with van der Waals surface area (Å²) < 4.78 is 5.18. The molecule has 0 atom stereocenters. The molecular weight excluding hydrogens is 304 g/mol. The summed E-state index contributed by atoms with van der Waals surface area (Å²) in [7, 11) is 0. The zero-order valence-corrected chi connectivity index (χ0v) is 13.9. The van der Waals surface area contributed by atoms with Gasteiger partial charge in [0, 0.05) is 11.8 Å². The summed E-state index contributed by atoms with van der Waals surface area (Å²) in [4.78, 5) is 11.4. The second-order valence-electron chi connectivity index (χ2n) is 4.83. The van der Waals surface area contributed by atoms with E-state index in [9.17, 15) is 4.79 Å². The lowest BCUT2D eigenvalue weighted by atomic mass is 10.1. The van der Waals surface area contributed by atoms with Gasteiger partial charge in [0.05, 0.1) is 6.61 Å². The van der Waals surface area contributed by atoms with Crippen molar-refractivity contribution in [3.8, 4) is 0 Å². The first kappa shape index (κ1) is 18.7. The van der Waals surface area contributed by atoms with Crippen molar-refractivity contribution in [2.45, 2.75) is 71.1 Å². The van der Waals surface area contributed by atoms with Crippen LogP contribution in [-0.2, 0) is 9.53 Å². The Balaban J connectivity index is 3.24. The summed E-state index contributed by atoms with van der Waals surface area (Å²) in [5.41, 5.74) is 0. The van der Waals surface area contributed by atoms with Crippen LogP contribution in [-0.4, -0.2) is 17.9 Å². The molecule has 0 saturated heterocycles. The molecule has 0 fully saturated rings. The fraction of sp³-hybridized carbons (Fsp3) is 0.812. The predicted molar refractivity (Wildman–Crippen MR) is 85.7 cm³/mol. The summed E-state index contributed by atoms with van der Waals surface area (Å²) in [6.45, 7) is 2.73. The maximum Gasteiger partial charge on any atom is 0.305 e. The minimum absolute atomic E-state index is 0.0378. The van der Waals surface area contributed by atoms with Crippen LogP contribution in [0.1, 0.15) is 71.1 Å². The Hall–Kier alpha value is -0.310. The van der Waals surface area contributed by atoms with Crippen LogP contribution < -0.4 is 0 Å². The van der Waals surface area contributed by atoms with Crippen LogP contribution in [0, 0.1) is 0 Å². The SMILES string of the molecule is CCCCCCCC(=O)OCC/C=C\CCCCBr. The summed E-state index contributed by atoms with van der Waals surface area (Å²) in [5, 5.41) is 1.08. The first-order chi connectivity index (χ1) is 9.31.